The molecule has 19 heavy (non-hydrogen) atoms. The Labute approximate surface area is 129 Å². The molecule has 2 rings (SSSR count). The van der Waals surface area contributed by atoms with Gasteiger partial charge in [-0.25, -0.2) is 4.39 Å². The van der Waals surface area contributed by atoms with E-state index >= 15 is 0 Å². The molecule has 0 fully saturated rings. The monoisotopic (exact) mass is 361 g/mol. The predicted octanol–water partition coefficient (Wildman–Crippen LogP) is 5.31. The number of hydrogen-bond donors (Lipinski definition) is 1. The van der Waals surface area contributed by atoms with E-state index < -0.39 is 0 Å². The minimum Gasteiger partial charge on any atom is -0.306 e. The Bertz CT molecular complexity index is 585. The number of nitrogens with one attached hydrogen (secondary N) is 1. The summed E-state index contributed by atoms with van der Waals surface area (Å²) in [6.45, 7) is 4.90. The second kappa shape index (κ2) is 6.35. The molecule has 2 aromatic rings. The first-order valence-corrected chi connectivity index (χ1v) is 7.95. The van der Waals surface area contributed by atoms with Crippen molar-refractivity contribution in [2.75, 3.05) is 6.54 Å². The molecule has 1 unspecified atom stereocenters. The smallest absolute Gasteiger partial charge is 0.142 e. The summed E-state index contributed by atoms with van der Waals surface area (Å²) in [5.74, 6) is -0.383. The van der Waals surface area contributed by atoms with Gasteiger partial charge in [0.2, 0.25) is 0 Å². The van der Waals surface area contributed by atoms with Gasteiger partial charge in [-0.05, 0) is 53.2 Å². The minimum atomic E-state index is -0.383. The average Bonchev–Trinajstić information content (AvgIpc) is 2.69. The van der Waals surface area contributed by atoms with Gasteiger partial charge in [-0.2, -0.15) is 0 Å². The normalized spacial score (nSPS) is 12.7. The molecule has 0 spiro atoms. The van der Waals surface area contributed by atoms with Crippen LogP contribution >= 0.6 is 38.9 Å². The van der Waals surface area contributed by atoms with Crippen molar-refractivity contribution in [1.29, 1.82) is 0 Å². The maximum Gasteiger partial charge on any atom is 0.142 e. The number of benzene rings is 1. The van der Waals surface area contributed by atoms with Crippen molar-refractivity contribution in [3.05, 3.63) is 54.9 Å². The van der Waals surface area contributed by atoms with E-state index in [4.69, 9.17) is 11.6 Å². The highest BCUT2D eigenvalue weighted by atomic mass is 79.9. The van der Waals surface area contributed by atoms with Crippen LogP contribution in [-0.2, 0) is 0 Å². The fraction of sp³-hybridized carbons (Fsp3) is 0.286. The van der Waals surface area contributed by atoms with Gasteiger partial charge >= 0.3 is 0 Å². The summed E-state index contributed by atoms with van der Waals surface area (Å²) < 4.78 is 14.7. The Hall–Kier alpha value is -0.420. The lowest BCUT2D eigenvalue weighted by molar-refractivity contribution is 0.606. The topological polar surface area (TPSA) is 12.0 Å². The molecule has 0 amide bonds. The van der Waals surface area contributed by atoms with Gasteiger partial charge in [0.05, 0.1) is 11.1 Å². The molecule has 0 aliphatic carbocycles. The van der Waals surface area contributed by atoms with E-state index in [1.54, 1.807) is 17.4 Å². The molecule has 0 radical (unpaired) electrons. The first-order chi connectivity index (χ1) is 9.02. The maximum atomic E-state index is 13.6. The Balaban J connectivity index is 2.44. The minimum absolute atomic E-state index is 0.0233. The van der Waals surface area contributed by atoms with E-state index in [1.165, 1.54) is 10.9 Å². The molecule has 0 saturated heterocycles. The number of halogens is 3. The molecule has 1 nitrogen and oxygen atoms in total. The summed E-state index contributed by atoms with van der Waals surface area (Å²) in [6.07, 6.45) is 0. The molecule has 1 heterocycles. The van der Waals surface area contributed by atoms with Crippen molar-refractivity contribution in [2.24, 2.45) is 0 Å². The van der Waals surface area contributed by atoms with Crippen LogP contribution in [0, 0.1) is 12.7 Å². The summed E-state index contributed by atoms with van der Waals surface area (Å²) in [7, 11) is 0. The average molecular weight is 363 g/mol. The molecule has 0 aliphatic rings. The Morgan fingerprint density at radius 1 is 1.42 bits per heavy atom. The van der Waals surface area contributed by atoms with Crippen molar-refractivity contribution in [2.45, 2.75) is 19.9 Å². The molecule has 5 heteroatoms. The molecule has 1 aromatic carbocycles. The fourth-order valence-electron chi connectivity index (χ4n) is 1.96. The standard InChI is InChI=1S/C14H14BrClFNS/c1-3-18-13(14-10(15)6-8(2)19-14)9-4-5-11(16)12(17)7-9/h4-7,13,18H,3H2,1-2H3. The van der Waals surface area contributed by atoms with Crippen LogP contribution < -0.4 is 5.32 Å². The van der Waals surface area contributed by atoms with Crippen molar-refractivity contribution in [1.82, 2.24) is 5.32 Å². The quantitative estimate of drug-likeness (QED) is 0.777. The summed E-state index contributed by atoms with van der Waals surface area (Å²) in [5, 5.41) is 3.54. The molecule has 1 atom stereocenters. The van der Waals surface area contributed by atoms with Crippen LogP contribution in [-0.4, -0.2) is 6.54 Å². The lowest BCUT2D eigenvalue weighted by Crippen LogP contribution is -2.21. The van der Waals surface area contributed by atoms with Crippen LogP contribution in [0.3, 0.4) is 0 Å². The van der Waals surface area contributed by atoms with Crippen molar-refractivity contribution < 1.29 is 4.39 Å². The number of rotatable bonds is 4. The van der Waals surface area contributed by atoms with Crippen molar-refractivity contribution in [3.63, 3.8) is 0 Å². The maximum absolute atomic E-state index is 13.6. The lowest BCUT2D eigenvalue weighted by Gasteiger charge is -2.18. The zero-order valence-corrected chi connectivity index (χ0v) is 13.8. The van der Waals surface area contributed by atoms with Crippen LogP contribution in [0.1, 0.15) is 28.3 Å². The first kappa shape index (κ1) is 15.0. The third-order valence-electron chi connectivity index (χ3n) is 2.78. The van der Waals surface area contributed by atoms with Crippen LogP contribution in [0.15, 0.2) is 28.7 Å². The first-order valence-electron chi connectivity index (χ1n) is 5.97. The van der Waals surface area contributed by atoms with Crippen LogP contribution in [0.5, 0.6) is 0 Å². The third-order valence-corrected chi connectivity index (χ3v) is 5.12. The molecule has 1 aromatic heterocycles. The van der Waals surface area contributed by atoms with E-state index in [1.807, 2.05) is 13.0 Å². The van der Waals surface area contributed by atoms with Gasteiger partial charge in [-0.15, -0.1) is 11.3 Å². The SMILES string of the molecule is CCNC(c1ccc(Cl)c(F)c1)c1sc(C)cc1Br. The van der Waals surface area contributed by atoms with Gasteiger partial charge in [0.15, 0.2) is 0 Å². The fourth-order valence-corrected chi connectivity index (χ4v) is 4.06. The van der Waals surface area contributed by atoms with E-state index in [0.29, 0.717) is 0 Å². The van der Waals surface area contributed by atoms with Gasteiger partial charge in [-0.1, -0.05) is 24.6 Å². The zero-order valence-electron chi connectivity index (χ0n) is 10.6. The highest BCUT2D eigenvalue weighted by molar-refractivity contribution is 9.10. The summed E-state index contributed by atoms with van der Waals surface area (Å²) in [6, 6.07) is 7.02. The Morgan fingerprint density at radius 2 is 2.16 bits per heavy atom. The van der Waals surface area contributed by atoms with Gasteiger partial charge in [-0.3, -0.25) is 0 Å². The number of aryl methyl sites for hydroxylation is 1. The lowest BCUT2D eigenvalue weighted by atomic mass is 10.1. The van der Waals surface area contributed by atoms with Gasteiger partial charge in [0.25, 0.3) is 0 Å². The van der Waals surface area contributed by atoms with Crippen LogP contribution in [0.4, 0.5) is 4.39 Å². The highest BCUT2D eigenvalue weighted by Crippen LogP contribution is 2.36. The highest BCUT2D eigenvalue weighted by Gasteiger charge is 2.19. The summed E-state index contributed by atoms with van der Waals surface area (Å²) >= 11 is 11.0. The Morgan fingerprint density at radius 3 is 2.68 bits per heavy atom. The van der Waals surface area contributed by atoms with Crippen molar-refractivity contribution in [3.8, 4) is 0 Å². The predicted molar refractivity (Wildman–Crippen MR) is 83.7 cm³/mol. The zero-order chi connectivity index (χ0) is 14.0. The van der Waals surface area contributed by atoms with Gasteiger partial charge in [0, 0.05) is 14.2 Å². The number of hydrogen-bond acceptors (Lipinski definition) is 2. The molecule has 0 bridgehead atoms. The van der Waals surface area contributed by atoms with Gasteiger partial charge in [0.1, 0.15) is 5.82 Å². The summed E-state index contributed by atoms with van der Waals surface area (Å²) in [5.41, 5.74) is 0.881. The Kier molecular flexibility index (Phi) is 5.01. The third kappa shape index (κ3) is 3.37. The van der Waals surface area contributed by atoms with E-state index in [9.17, 15) is 4.39 Å². The number of thiophene rings is 1. The van der Waals surface area contributed by atoms with Gasteiger partial charge < -0.3 is 5.32 Å². The molecule has 102 valence electrons. The molecule has 0 aliphatic heterocycles. The molecule has 1 N–H and O–H groups in total. The van der Waals surface area contributed by atoms with E-state index in [0.717, 1.165) is 21.5 Å². The largest absolute Gasteiger partial charge is 0.306 e. The molecular weight excluding hydrogens is 349 g/mol. The van der Waals surface area contributed by atoms with E-state index in [2.05, 4.69) is 34.2 Å². The molecule has 0 saturated carbocycles. The summed E-state index contributed by atoms with van der Waals surface area (Å²) in [4.78, 5) is 2.38. The van der Waals surface area contributed by atoms with Crippen LogP contribution in [0.25, 0.3) is 0 Å². The van der Waals surface area contributed by atoms with E-state index in [-0.39, 0.29) is 16.9 Å². The second-order valence-corrected chi connectivity index (χ2v) is 6.78. The second-order valence-electron chi connectivity index (χ2n) is 4.23. The van der Waals surface area contributed by atoms with Crippen molar-refractivity contribution >= 4 is 38.9 Å². The van der Waals surface area contributed by atoms with Crippen LogP contribution in [0.2, 0.25) is 5.02 Å². The molecular formula is C14H14BrClFNS.